The largest absolute Gasteiger partial charge is 0.497 e. The van der Waals surface area contributed by atoms with Gasteiger partial charge in [0.1, 0.15) is 23.2 Å². The minimum absolute atomic E-state index is 0.255. The molecule has 2 rings (SSSR count). The Labute approximate surface area is 115 Å². The molecule has 0 aliphatic heterocycles. The molecule has 0 aliphatic carbocycles. The third-order valence-corrected chi connectivity index (χ3v) is 2.92. The van der Waals surface area contributed by atoms with Crippen molar-refractivity contribution in [2.24, 2.45) is 0 Å². The average Bonchev–Trinajstić information content (AvgIpc) is 2.36. The number of rotatable bonds is 4. The monoisotopic (exact) mass is 281 g/mol. The molecule has 2 aromatic rings. The van der Waals surface area contributed by atoms with E-state index in [9.17, 15) is 13.2 Å². The van der Waals surface area contributed by atoms with E-state index in [0.29, 0.717) is 11.3 Å². The van der Waals surface area contributed by atoms with Crippen LogP contribution < -0.4 is 10.1 Å². The van der Waals surface area contributed by atoms with E-state index in [-0.39, 0.29) is 5.69 Å². The van der Waals surface area contributed by atoms with Crippen LogP contribution in [0, 0.1) is 17.5 Å². The number of hydrogen-bond acceptors (Lipinski definition) is 2. The number of halogens is 3. The molecule has 0 spiro atoms. The first-order valence-corrected chi connectivity index (χ1v) is 6.05. The fourth-order valence-electron chi connectivity index (χ4n) is 1.95. The fraction of sp³-hybridized carbons (Fsp3) is 0.200. The van der Waals surface area contributed by atoms with Gasteiger partial charge in [0.25, 0.3) is 0 Å². The number of methoxy groups -OCH3 is 1. The van der Waals surface area contributed by atoms with Gasteiger partial charge in [0, 0.05) is 23.4 Å². The third kappa shape index (κ3) is 3.23. The summed E-state index contributed by atoms with van der Waals surface area (Å²) >= 11 is 0. The van der Waals surface area contributed by atoms with Crippen LogP contribution in [0.4, 0.5) is 18.9 Å². The molecule has 1 unspecified atom stereocenters. The maximum atomic E-state index is 13.9. The summed E-state index contributed by atoms with van der Waals surface area (Å²) < 4.78 is 45.0. The van der Waals surface area contributed by atoms with Crippen LogP contribution in [0.15, 0.2) is 36.4 Å². The van der Waals surface area contributed by atoms with Crippen LogP contribution in [0.25, 0.3) is 0 Å². The van der Waals surface area contributed by atoms with Gasteiger partial charge in [-0.25, -0.2) is 13.2 Å². The zero-order valence-corrected chi connectivity index (χ0v) is 11.1. The van der Waals surface area contributed by atoms with Crippen molar-refractivity contribution in [3.05, 3.63) is 59.4 Å². The second-order valence-corrected chi connectivity index (χ2v) is 4.41. The van der Waals surface area contributed by atoms with Crippen molar-refractivity contribution in [3.8, 4) is 5.75 Å². The summed E-state index contributed by atoms with van der Waals surface area (Å²) in [5, 5.41) is 2.86. The lowest BCUT2D eigenvalue weighted by molar-refractivity contribution is 0.410. The summed E-state index contributed by atoms with van der Waals surface area (Å²) in [7, 11) is 1.45. The molecule has 20 heavy (non-hydrogen) atoms. The van der Waals surface area contributed by atoms with Crippen molar-refractivity contribution < 1.29 is 17.9 Å². The SMILES string of the molecule is COc1ccc(C(C)Nc2cc(F)cc(F)c2)c(F)c1. The molecule has 2 aromatic carbocycles. The highest BCUT2D eigenvalue weighted by Gasteiger charge is 2.12. The van der Waals surface area contributed by atoms with Gasteiger partial charge < -0.3 is 10.1 Å². The molecular formula is C15H14F3NO. The van der Waals surface area contributed by atoms with Gasteiger partial charge in [-0.05, 0) is 25.1 Å². The summed E-state index contributed by atoms with van der Waals surface area (Å²) in [5.41, 5.74) is 0.640. The van der Waals surface area contributed by atoms with Gasteiger partial charge in [-0.3, -0.25) is 0 Å². The number of benzene rings is 2. The number of hydrogen-bond donors (Lipinski definition) is 1. The van der Waals surface area contributed by atoms with Gasteiger partial charge >= 0.3 is 0 Å². The number of ether oxygens (including phenoxy) is 1. The Bertz CT molecular complexity index is 596. The molecule has 0 saturated carbocycles. The molecule has 0 aliphatic rings. The van der Waals surface area contributed by atoms with Crippen molar-refractivity contribution in [2.75, 3.05) is 12.4 Å². The van der Waals surface area contributed by atoms with Gasteiger partial charge in [-0.1, -0.05) is 6.07 Å². The molecule has 2 nitrogen and oxygen atoms in total. The third-order valence-electron chi connectivity index (χ3n) is 2.92. The van der Waals surface area contributed by atoms with Crippen molar-refractivity contribution in [2.45, 2.75) is 13.0 Å². The Hall–Kier alpha value is -2.17. The highest BCUT2D eigenvalue weighted by atomic mass is 19.1. The minimum Gasteiger partial charge on any atom is -0.497 e. The molecule has 1 N–H and O–H groups in total. The topological polar surface area (TPSA) is 21.3 Å². The second kappa shape index (κ2) is 5.86. The predicted octanol–water partition coefficient (Wildman–Crippen LogP) is 4.29. The van der Waals surface area contributed by atoms with E-state index in [4.69, 9.17) is 4.74 Å². The Morgan fingerprint density at radius 1 is 1.00 bits per heavy atom. The highest BCUT2D eigenvalue weighted by Crippen LogP contribution is 2.25. The number of nitrogens with one attached hydrogen (secondary N) is 1. The van der Waals surface area contributed by atoms with Crippen molar-refractivity contribution in [3.63, 3.8) is 0 Å². The normalized spacial score (nSPS) is 12.1. The van der Waals surface area contributed by atoms with Crippen LogP contribution in [0.2, 0.25) is 0 Å². The van der Waals surface area contributed by atoms with Crippen LogP contribution in [0.3, 0.4) is 0 Å². The summed E-state index contributed by atoms with van der Waals surface area (Å²) in [6, 6.07) is 7.11. The smallest absolute Gasteiger partial charge is 0.132 e. The van der Waals surface area contributed by atoms with Gasteiger partial charge in [0.15, 0.2) is 0 Å². The van der Waals surface area contributed by atoms with Crippen LogP contribution in [-0.2, 0) is 0 Å². The molecule has 5 heteroatoms. The maximum Gasteiger partial charge on any atom is 0.132 e. The molecule has 0 saturated heterocycles. The first-order chi connectivity index (χ1) is 9.49. The summed E-state index contributed by atoms with van der Waals surface area (Å²) in [4.78, 5) is 0. The minimum atomic E-state index is -0.685. The second-order valence-electron chi connectivity index (χ2n) is 4.41. The summed E-state index contributed by atoms with van der Waals surface area (Å²) in [5.74, 6) is -1.40. The first kappa shape index (κ1) is 14.2. The van der Waals surface area contributed by atoms with Crippen LogP contribution >= 0.6 is 0 Å². The molecule has 0 fully saturated rings. The molecule has 0 bridgehead atoms. The first-order valence-electron chi connectivity index (χ1n) is 6.05. The van der Waals surface area contributed by atoms with E-state index in [1.54, 1.807) is 19.1 Å². The van der Waals surface area contributed by atoms with E-state index in [2.05, 4.69) is 5.32 Å². The standard InChI is InChI=1S/C15H14F3NO/c1-9(14-4-3-13(20-2)8-15(14)18)19-12-6-10(16)5-11(17)7-12/h3-9,19H,1-2H3. The Morgan fingerprint density at radius 2 is 1.65 bits per heavy atom. The zero-order valence-electron chi connectivity index (χ0n) is 11.1. The van der Waals surface area contributed by atoms with E-state index < -0.39 is 23.5 Å². The van der Waals surface area contributed by atoms with Crippen LogP contribution in [0.1, 0.15) is 18.5 Å². The molecular weight excluding hydrogens is 267 g/mol. The van der Waals surface area contributed by atoms with E-state index in [0.717, 1.165) is 18.2 Å². The van der Waals surface area contributed by atoms with E-state index >= 15 is 0 Å². The molecule has 0 heterocycles. The molecule has 0 radical (unpaired) electrons. The van der Waals surface area contributed by atoms with Crippen molar-refractivity contribution in [1.29, 1.82) is 0 Å². The summed E-state index contributed by atoms with van der Waals surface area (Å²) in [6.45, 7) is 1.70. The van der Waals surface area contributed by atoms with Gasteiger partial charge in [0.05, 0.1) is 13.2 Å². The van der Waals surface area contributed by atoms with Crippen molar-refractivity contribution >= 4 is 5.69 Å². The van der Waals surface area contributed by atoms with Gasteiger partial charge in [0.2, 0.25) is 0 Å². The molecule has 0 amide bonds. The van der Waals surface area contributed by atoms with E-state index in [1.165, 1.54) is 13.2 Å². The van der Waals surface area contributed by atoms with Crippen molar-refractivity contribution in [1.82, 2.24) is 0 Å². The van der Waals surface area contributed by atoms with Gasteiger partial charge in [-0.15, -0.1) is 0 Å². The van der Waals surface area contributed by atoms with Crippen LogP contribution in [0.5, 0.6) is 5.75 Å². The highest BCUT2D eigenvalue weighted by molar-refractivity contribution is 5.46. The lowest BCUT2D eigenvalue weighted by atomic mass is 10.1. The number of anilines is 1. The average molecular weight is 281 g/mol. The summed E-state index contributed by atoms with van der Waals surface area (Å²) in [6.07, 6.45) is 0. The fourth-order valence-corrected chi connectivity index (χ4v) is 1.95. The maximum absolute atomic E-state index is 13.9. The lowest BCUT2D eigenvalue weighted by Gasteiger charge is -2.17. The lowest BCUT2D eigenvalue weighted by Crippen LogP contribution is -2.09. The molecule has 1 atom stereocenters. The van der Waals surface area contributed by atoms with Gasteiger partial charge in [-0.2, -0.15) is 0 Å². The van der Waals surface area contributed by atoms with Crippen LogP contribution in [-0.4, -0.2) is 7.11 Å². The quantitative estimate of drug-likeness (QED) is 0.902. The predicted molar refractivity (Wildman–Crippen MR) is 71.3 cm³/mol. The van der Waals surface area contributed by atoms with E-state index in [1.807, 2.05) is 0 Å². The molecule has 0 aromatic heterocycles. The molecule has 106 valence electrons. The Kier molecular flexibility index (Phi) is 4.17. The zero-order chi connectivity index (χ0) is 14.7. The Morgan fingerprint density at radius 3 is 2.20 bits per heavy atom. The Balaban J connectivity index is 2.21.